The maximum Gasteiger partial charge on any atom is 0.0486 e. The van der Waals surface area contributed by atoms with Crippen LogP contribution in [0.25, 0.3) is 0 Å². The normalized spacial score (nSPS) is 18.4. The summed E-state index contributed by atoms with van der Waals surface area (Å²) in [6.07, 6.45) is 5.86. The fraction of sp³-hybridized carbons (Fsp3) is 0.583. The Kier molecular flexibility index (Phi) is 6.70. The van der Waals surface area contributed by atoms with E-state index in [9.17, 15) is 4.21 Å². The predicted molar refractivity (Wildman–Crippen MR) is 73.8 cm³/mol. The Morgan fingerprint density at radius 3 is 2.59 bits per heavy atom. The predicted octanol–water partition coefficient (Wildman–Crippen LogP) is 1.75. The number of halogens is 1. The van der Waals surface area contributed by atoms with Gasteiger partial charge in [-0.15, -0.1) is 12.4 Å². The number of pyridine rings is 1. The number of hydrogen-bond donors (Lipinski definition) is 1. The molecule has 1 unspecified atom stereocenters. The monoisotopic (exact) mass is 274 g/mol. The quantitative estimate of drug-likeness (QED) is 0.910. The largest absolute Gasteiger partial charge is 0.317 e. The summed E-state index contributed by atoms with van der Waals surface area (Å²) < 4.78 is 12.0. The van der Waals surface area contributed by atoms with Crippen LogP contribution in [0.2, 0.25) is 0 Å². The van der Waals surface area contributed by atoms with Gasteiger partial charge in [-0.3, -0.25) is 9.19 Å². The number of nitrogens with zero attached hydrogens (tertiary/aromatic N) is 1. The molecule has 96 valence electrons. The summed E-state index contributed by atoms with van der Waals surface area (Å²) in [6, 6.07) is 3.89. The molecule has 17 heavy (non-hydrogen) atoms. The third kappa shape index (κ3) is 5.15. The van der Waals surface area contributed by atoms with Gasteiger partial charge in [-0.2, -0.15) is 0 Å². The average molecular weight is 275 g/mol. The molecule has 2 rings (SSSR count). The van der Waals surface area contributed by atoms with E-state index in [1.165, 1.54) is 12.8 Å². The van der Waals surface area contributed by atoms with Crippen LogP contribution >= 0.6 is 12.4 Å². The molecule has 1 saturated heterocycles. The van der Waals surface area contributed by atoms with Gasteiger partial charge in [0.25, 0.3) is 0 Å². The molecule has 0 amide bonds. The molecule has 1 aliphatic heterocycles. The van der Waals surface area contributed by atoms with Crippen molar-refractivity contribution in [3.63, 3.8) is 0 Å². The highest BCUT2D eigenvalue weighted by Gasteiger charge is 2.15. The Labute approximate surface area is 111 Å². The third-order valence-corrected chi connectivity index (χ3v) is 4.46. The van der Waals surface area contributed by atoms with Crippen LogP contribution in [-0.4, -0.2) is 28.0 Å². The zero-order valence-corrected chi connectivity index (χ0v) is 11.4. The number of rotatable bonds is 4. The van der Waals surface area contributed by atoms with Crippen LogP contribution in [-0.2, 0) is 16.6 Å². The van der Waals surface area contributed by atoms with Gasteiger partial charge in [0, 0.05) is 34.7 Å². The fourth-order valence-corrected chi connectivity index (χ4v) is 3.58. The summed E-state index contributed by atoms with van der Waals surface area (Å²) in [5, 5.41) is 3.33. The molecule has 1 aromatic heterocycles. The molecule has 1 atom stereocenters. The second kappa shape index (κ2) is 7.80. The molecule has 1 fully saturated rings. The van der Waals surface area contributed by atoms with Gasteiger partial charge in [0.15, 0.2) is 0 Å². The number of nitrogens with one attached hydrogen (secondary N) is 1. The molecule has 0 radical (unpaired) electrons. The summed E-state index contributed by atoms with van der Waals surface area (Å²) in [5.74, 6) is 2.17. The summed E-state index contributed by atoms with van der Waals surface area (Å²) >= 11 is 0. The first-order chi connectivity index (χ1) is 7.84. The van der Waals surface area contributed by atoms with Crippen molar-refractivity contribution in [3.8, 4) is 0 Å². The molecule has 0 bridgehead atoms. The zero-order chi connectivity index (χ0) is 11.2. The van der Waals surface area contributed by atoms with Gasteiger partial charge in [-0.1, -0.05) is 0 Å². The fourth-order valence-electron chi connectivity index (χ4n) is 2.04. The Bertz CT molecular complexity index is 342. The van der Waals surface area contributed by atoms with Crippen LogP contribution in [0.3, 0.4) is 0 Å². The van der Waals surface area contributed by atoms with Crippen molar-refractivity contribution in [3.05, 3.63) is 30.1 Å². The van der Waals surface area contributed by atoms with Gasteiger partial charge in [0.1, 0.15) is 0 Å². The SMILES string of the molecule is Cl.O=S(Cc1ccncc1)CC1CCNCC1. The highest BCUT2D eigenvalue weighted by Crippen LogP contribution is 2.14. The lowest BCUT2D eigenvalue weighted by Crippen LogP contribution is -2.30. The van der Waals surface area contributed by atoms with Crippen LogP contribution in [0.1, 0.15) is 18.4 Å². The van der Waals surface area contributed by atoms with Crippen LogP contribution < -0.4 is 5.32 Å². The maximum atomic E-state index is 12.0. The highest BCUT2D eigenvalue weighted by atomic mass is 35.5. The molecule has 0 aliphatic carbocycles. The summed E-state index contributed by atoms with van der Waals surface area (Å²) in [7, 11) is -0.724. The lowest BCUT2D eigenvalue weighted by atomic mass is 10.0. The lowest BCUT2D eigenvalue weighted by molar-refractivity contribution is 0.405. The number of aromatic nitrogens is 1. The molecule has 2 heterocycles. The van der Waals surface area contributed by atoms with E-state index in [4.69, 9.17) is 0 Å². The first kappa shape index (κ1) is 14.6. The standard InChI is InChI=1S/C12H18N2OS.ClH/c15-16(9-11-1-5-13-6-2-11)10-12-3-7-14-8-4-12;/h1-2,5-6,12,14H,3-4,7-10H2;1H. The molecule has 0 spiro atoms. The highest BCUT2D eigenvalue weighted by molar-refractivity contribution is 7.84. The molecular formula is C12H19ClN2OS. The Morgan fingerprint density at radius 1 is 1.29 bits per heavy atom. The van der Waals surface area contributed by atoms with Crippen molar-refractivity contribution in [1.29, 1.82) is 0 Å². The van der Waals surface area contributed by atoms with E-state index in [-0.39, 0.29) is 12.4 Å². The summed E-state index contributed by atoms with van der Waals surface area (Å²) in [4.78, 5) is 3.96. The first-order valence-corrected chi connectivity index (χ1v) is 7.28. The van der Waals surface area contributed by atoms with Crippen molar-refractivity contribution in [1.82, 2.24) is 10.3 Å². The van der Waals surface area contributed by atoms with Crippen molar-refractivity contribution < 1.29 is 4.21 Å². The minimum atomic E-state index is -0.724. The number of hydrogen-bond acceptors (Lipinski definition) is 3. The molecule has 1 N–H and O–H groups in total. The van der Waals surface area contributed by atoms with E-state index in [0.29, 0.717) is 11.7 Å². The van der Waals surface area contributed by atoms with Crippen LogP contribution in [0.15, 0.2) is 24.5 Å². The van der Waals surface area contributed by atoms with Crippen molar-refractivity contribution in [2.24, 2.45) is 5.92 Å². The van der Waals surface area contributed by atoms with Crippen LogP contribution in [0.4, 0.5) is 0 Å². The van der Waals surface area contributed by atoms with Gasteiger partial charge < -0.3 is 5.32 Å². The number of piperidine rings is 1. The van der Waals surface area contributed by atoms with E-state index >= 15 is 0 Å². The van der Waals surface area contributed by atoms with Gasteiger partial charge in [-0.25, -0.2) is 0 Å². The maximum absolute atomic E-state index is 12.0. The van der Waals surface area contributed by atoms with Crippen molar-refractivity contribution in [2.45, 2.75) is 18.6 Å². The van der Waals surface area contributed by atoms with Crippen LogP contribution in [0.5, 0.6) is 0 Å². The first-order valence-electron chi connectivity index (χ1n) is 5.79. The summed E-state index contributed by atoms with van der Waals surface area (Å²) in [6.45, 7) is 2.16. The molecule has 1 aromatic rings. The molecule has 1 aliphatic rings. The molecular weight excluding hydrogens is 256 g/mol. The Hall–Kier alpha value is -0.450. The molecule has 0 aromatic carbocycles. The summed E-state index contributed by atoms with van der Waals surface area (Å²) in [5.41, 5.74) is 1.13. The Morgan fingerprint density at radius 2 is 1.94 bits per heavy atom. The Balaban J connectivity index is 0.00000144. The molecule has 0 saturated carbocycles. The topological polar surface area (TPSA) is 42.0 Å². The minimum Gasteiger partial charge on any atom is -0.317 e. The van der Waals surface area contributed by atoms with Gasteiger partial charge in [0.2, 0.25) is 0 Å². The van der Waals surface area contributed by atoms with E-state index < -0.39 is 10.8 Å². The van der Waals surface area contributed by atoms with E-state index in [2.05, 4.69) is 10.3 Å². The van der Waals surface area contributed by atoms with Crippen molar-refractivity contribution >= 4 is 23.2 Å². The molecule has 3 nitrogen and oxygen atoms in total. The van der Waals surface area contributed by atoms with Gasteiger partial charge in [-0.05, 0) is 49.5 Å². The van der Waals surface area contributed by atoms with Crippen LogP contribution in [0, 0.1) is 5.92 Å². The average Bonchev–Trinajstić information content (AvgIpc) is 2.31. The lowest BCUT2D eigenvalue weighted by Gasteiger charge is -2.21. The van der Waals surface area contributed by atoms with Gasteiger partial charge >= 0.3 is 0 Å². The van der Waals surface area contributed by atoms with Gasteiger partial charge in [0.05, 0.1) is 0 Å². The van der Waals surface area contributed by atoms with E-state index in [0.717, 1.165) is 24.4 Å². The van der Waals surface area contributed by atoms with E-state index in [1.807, 2.05) is 12.1 Å². The van der Waals surface area contributed by atoms with Crippen molar-refractivity contribution in [2.75, 3.05) is 18.8 Å². The smallest absolute Gasteiger partial charge is 0.0486 e. The molecule has 5 heteroatoms. The second-order valence-electron chi connectivity index (χ2n) is 4.30. The van der Waals surface area contributed by atoms with E-state index in [1.54, 1.807) is 12.4 Å². The second-order valence-corrected chi connectivity index (χ2v) is 5.80. The zero-order valence-electron chi connectivity index (χ0n) is 9.80. The minimum absolute atomic E-state index is 0. The third-order valence-electron chi connectivity index (χ3n) is 2.96.